The fourth-order valence-electron chi connectivity index (χ4n) is 3.47. The standard InChI is InChI=1S/C17H24FN3O4/c1-12-9-13(25-20-12)10-14(22)19-16(2)3-6-21(11-16)15(23)17(18)4-7-24-8-5-17/h9H,3-8,10-11H2,1-2H3,(H,19,22). The van der Waals surface area contributed by atoms with Gasteiger partial charge >= 0.3 is 0 Å². The molecule has 138 valence electrons. The quantitative estimate of drug-likeness (QED) is 0.878. The third-order valence-corrected chi connectivity index (χ3v) is 4.88. The van der Waals surface area contributed by atoms with Crippen LogP contribution in [0.1, 0.15) is 37.6 Å². The van der Waals surface area contributed by atoms with E-state index in [9.17, 15) is 14.0 Å². The molecule has 2 amide bonds. The molecule has 1 aromatic rings. The number of hydrogen-bond acceptors (Lipinski definition) is 5. The molecular weight excluding hydrogens is 329 g/mol. The number of nitrogens with zero attached hydrogens (tertiary/aromatic N) is 2. The van der Waals surface area contributed by atoms with E-state index in [1.165, 1.54) is 4.90 Å². The van der Waals surface area contributed by atoms with Gasteiger partial charge < -0.3 is 19.5 Å². The van der Waals surface area contributed by atoms with E-state index < -0.39 is 17.1 Å². The average molecular weight is 353 g/mol. The Morgan fingerprint density at radius 2 is 2.08 bits per heavy atom. The van der Waals surface area contributed by atoms with Crippen LogP contribution in [0.5, 0.6) is 0 Å². The Morgan fingerprint density at radius 1 is 1.36 bits per heavy atom. The van der Waals surface area contributed by atoms with E-state index in [0.717, 1.165) is 5.69 Å². The van der Waals surface area contributed by atoms with Crippen molar-refractivity contribution in [2.75, 3.05) is 26.3 Å². The summed E-state index contributed by atoms with van der Waals surface area (Å²) in [5, 5.41) is 6.70. The molecule has 1 atom stereocenters. The number of nitrogens with one attached hydrogen (secondary N) is 1. The minimum Gasteiger partial charge on any atom is -0.381 e. The molecule has 2 aliphatic heterocycles. The summed E-state index contributed by atoms with van der Waals surface area (Å²) in [6.07, 6.45) is 0.869. The second-order valence-corrected chi connectivity index (χ2v) is 7.27. The number of amides is 2. The highest BCUT2D eigenvalue weighted by Crippen LogP contribution is 2.31. The monoisotopic (exact) mass is 353 g/mol. The van der Waals surface area contributed by atoms with Gasteiger partial charge in [0, 0.05) is 32.0 Å². The van der Waals surface area contributed by atoms with Gasteiger partial charge in [0.1, 0.15) is 5.76 Å². The van der Waals surface area contributed by atoms with Gasteiger partial charge in [-0.15, -0.1) is 0 Å². The highest BCUT2D eigenvalue weighted by Gasteiger charge is 2.47. The molecule has 0 bridgehead atoms. The lowest BCUT2D eigenvalue weighted by molar-refractivity contribution is -0.149. The molecule has 1 N–H and O–H groups in total. The molecule has 0 radical (unpaired) electrons. The molecule has 0 aromatic carbocycles. The van der Waals surface area contributed by atoms with Crippen LogP contribution in [-0.4, -0.2) is 59.4 Å². The van der Waals surface area contributed by atoms with Gasteiger partial charge in [0.05, 0.1) is 30.9 Å². The maximum Gasteiger partial charge on any atom is 0.260 e. The fourth-order valence-corrected chi connectivity index (χ4v) is 3.47. The van der Waals surface area contributed by atoms with Crippen LogP contribution in [0.25, 0.3) is 0 Å². The zero-order valence-electron chi connectivity index (χ0n) is 14.6. The van der Waals surface area contributed by atoms with Gasteiger partial charge in [-0.25, -0.2) is 4.39 Å². The summed E-state index contributed by atoms with van der Waals surface area (Å²) in [5.74, 6) is -0.192. The molecule has 0 saturated carbocycles. The minimum atomic E-state index is -1.84. The maximum atomic E-state index is 14.8. The number of carbonyl (C=O) groups excluding carboxylic acids is 2. The van der Waals surface area contributed by atoms with Gasteiger partial charge in [0.15, 0.2) is 5.67 Å². The van der Waals surface area contributed by atoms with Gasteiger partial charge in [-0.2, -0.15) is 0 Å². The van der Waals surface area contributed by atoms with Crippen molar-refractivity contribution in [3.63, 3.8) is 0 Å². The lowest BCUT2D eigenvalue weighted by Crippen LogP contribution is -2.52. The van der Waals surface area contributed by atoms with Crippen LogP contribution in [0, 0.1) is 6.92 Å². The number of rotatable bonds is 4. The van der Waals surface area contributed by atoms with E-state index in [4.69, 9.17) is 9.26 Å². The van der Waals surface area contributed by atoms with E-state index in [2.05, 4.69) is 10.5 Å². The van der Waals surface area contributed by atoms with E-state index in [1.807, 2.05) is 6.92 Å². The normalized spacial score (nSPS) is 25.8. The Bertz CT molecular complexity index is 656. The zero-order chi connectivity index (χ0) is 18.1. The second kappa shape index (κ2) is 6.74. The predicted molar refractivity (Wildman–Crippen MR) is 86.6 cm³/mol. The smallest absolute Gasteiger partial charge is 0.260 e. The van der Waals surface area contributed by atoms with Crippen molar-refractivity contribution < 1.29 is 23.2 Å². The summed E-state index contributed by atoms with van der Waals surface area (Å²) in [7, 11) is 0. The SMILES string of the molecule is Cc1cc(CC(=O)NC2(C)CCN(C(=O)C3(F)CCOCC3)C2)on1. The summed E-state index contributed by atoms with van der Waals surface area (Å²) >= 11 is 0. The number of aromatic nitrogens is 1. The lowest BCUT2D eigenvalue weighted by Gasteiger charge is -2.33. The van der Waals surface area contributed by atoms with Crippen LogP contribution in [0.4, 0.5) is 4.39 Å². The number of aryl methyl sites for hydroxylation is 1. The lowest BCUT2D eigenvalue weighted by atomic mass is 9.94. The Morgan fingerprint density at radius 3 is 2.72 bits per heavy atom. The maximum absolute atomic E-state index is 14.8. The molecule has 3 heterocycles. The summed E-state index contributed by atoms with van der Waals surface area (Å²) in [5.41, 5.74) is -1.69. The van der Waals surface area contributed by atoms with Crippen molar-refractivity contribution in [3.05, 3.63) is 17.5 Å². The third kappa shape index (κ3) is 4.00. The fraction of sp³-hybridized carbons (Fsp3) is 0.706. The van der Waals surface area contributed by atoms with Crippen LogP contribution < -0.4 is 5.32 Å². The first-order valence-corrected chi connectivity index (χ1v) is 8.59. The van der Waals surface area contributed by atoms with Crippen molar-refractivity contribution in [3.8, 4) is 0 Å². The van der Waals surface area contributed by atoms with E-state index in [-0.39, 0.29) is 38.4 Å². The van der Waals surface area contributed by atoms with E-state index in [1.54, 1.807) is 13.0 Å². The molecule has 8 heteroatoms. The predicted octanol–water partition coefficient (Wildman–Crippen LogP) is 1.15. The summed E-state index contributed by atoms with van der Waals surface area (Å²) in [6, 6.07) is 1.71. The first kappa shape index (κ1) is 17.8. The third-order valence-electron chi connectivity index (χ3n) is 4.88. The molecule has 25 heavy (non-hydrogen) atoms. The van der Waals surface area contributed by atoms with Crippen molar-refractivity contribution in [2.45, 2.75) is 50.7 Å². The topological polar surface area (TPSA) is 84.7 Å². The van der Waals surface area contributed by atoms with Crippen molar-refractivity contribution >= 4 is 11.8 Å². The van der Waals surface area contributed by atoms with Crippen LogP contribution >= 0.6 is 0 Å². The molecule has 2 fully saturated rings. The highest BCUT2D eigenvalue weighted by atomic mass is 19.1. The molecule has 7 nitrogen and oxygen atoms in total. The molecular formula is C17H24FN3O4. The largest absolute Gasteiger partial charge is 0.381 e. The molecule has 3 rings (SSSR count). The van der Waals surface area contributed by atoms with Crippen LogP contribution in [0.15, 0.2) is 10.6 Å². The van der Waals surface area contributed by atoms with Crippen LogP contribution in [0.3, 0.4) is 0 Å². The molecule has 0 spiro atoms. The number of hydrogen-bond donors (Lipinski definition) is 1. The molecule has 2 saturated heterocycles. The van der Waals surface area contributed by atoms with Crippen molar-refractivity contribution in [1.82, 2.24) is 15.4 Å². The Hall–Kier alpha value is -1.96. The molecule has 1 aromatic heterocycles. The van der Waals surface area contributed by atoms with E-state index in [0.29, 0.717) is 25.3 Å². The van der Waals surface area contributed by atoms with E-state index >= 15 is 0 Å². The second-order valence-electron chi connectivity index (χ2n) is 7.27. The first-order chi connectivity index (χ1) is 11.8. The van der Waals surface area contributed by atoms with Crippen molar-refractivity contribution in [2.24, 2.45) is 0 Å². The van der Waals surface area contributed by atoms with Gasteiger partial charge in [0.2, 0.25) is 5.91 Å². The summed E-state index contributed by atoms with van der Waals surface area (Å²) in [6.45, 7) is 4.93. The zero-order valence-corrected chi connectivity index (χ0v) is 14.6. The van der Waals surface area contributed by atoms with Gasteiger partial charge in [-0.1, -0.05) is 5.16 Å². The van der Waals surface area contributed by atoms with Gasteiger partial charge in [0.25, 0.3) is 5.91 Å². The number of carbonyl (C=O) groups is 2. The summed E-state index contributed by atoms with van der Waals surface area (Å²) < 4.78 is 25.0. The Balaban J connectivity index is 1.56. The highest BCUT2D eigenvalue weighted by molar-refractivity contribution is 5.86. The molecule has 2 aliphatic rings. The Labute approximate surface area is 145 Å². The first-order valence-electron chi connectivity index (χ1n) is 8.59. The average Bonchev–Trinajstić information content (AvgIpc) is 3.13. The van der Waals surface area contributed by atoms with Crippen molar-refractivity contribution in [1.29, 1.82) is 0 Å². The van der Waals surface area contributed by atoms with Crippen LogP contribution in [0.2, 0.25) is 0 Å². The van der Waals surface area contributed by atoms with Gasteiger partial charge in [-0.3, -0.25) is 9.59 Å². The number of likely N-dealkylation sites (tertiary alicyclic amines) is 1. The minimum absolute atomic E-state index is 0.0920. The molecule has 0 aliphatic carbocycles. The number of ether oxygens (including phenoxy) is 1. The van der Waals surface area contributed by atoms with Crippen LogP contribution in [-0.2, 0) is 20.7 Å². The molecule has 1 unspecified atom stereocenters. The Kier molecular flexibility index (Phi) is 4.81. The number of halogens is 1. The summed E-state index contributed by atoms with van der Waals surface area (Å²) in [4.78, 5) is 26.3. The van der Waals surface area contributed by atoms with Gasteiger partial charge in [-0.05, 0) is 20.3 Å². The number of alkyl halides is 1.